The van der Waals surface area contributed by atoms with Crippen molar-refractivity contribution in [2.45, 2.75) is 13.5 Å². The first kappa shape index (κ1) is 28.1. The number of halogens is 1. The molecule has 1 aliphatic heterocycles. The van der Waals surface area contributed by atoms with Crippen LogP contribution in [0.1, 0.15) is 39.0 Å². The normalized spacial score (nSPS) is 12.0. The van der Waals surface area contributed by atoms with Crippen LogP contribution in [-0.2, 0) is 6.54 Å². The lowest BCUT2D eigenvalue weighted by Gasteiger charge is -2.21. The third-order valence-electron chi connectivity index (χ3n) is 5.78. The molecule has 10 nitrogen and oxygen atoms in total. The Bertz CT molecular complexity index is 1330. The summed E-state index contributed by atoms with van der Waals surface area (Å²) in [4.78, 5) is 38.1. The van der Waals surface area contributed by atoms with Crippen LogP contribution in [0.4, 0.5) is 5.69 Å². The van der Waals surface area contributed by atoms with E-state index in [0.717, 1.165) is 21.8 Å². The first-order valence-electron chi connectivity index (χ1n) is 11.3. The highest BCUT2D eigenvalue weighted by atomic mass is 79.9. The van der Waals surface area contributed by atoms with E-state index in [1.165, 1.54) is 18.4 Å². The second-order valence-electron chi connectivity index (χ2n) is 8.29. The fourth-order valence-electron chi connectivity index (χ4n) is 4.08. The molecule has 4 rings (SSSR count). The molecule has 0 fully saturated rings. The number of pyridine rings is 1. The number of carbonyl (C=O) groups excluding carboxylic acids is 2. The predicted octanol–water partition coefficient (Wildman–Crippen LogP) is 3.64. The Kier molecular flexibility index (Phi) is 8.87. The summed E-state index contributed by atoms with van der Waals surface area (Å²) in [6, 6.07) is 5.31. The molecule has 0 saturated heterocycles. The number of anilines is 1. The largest absolute Gasteiger partial charge is 0.494 e. The summed E-state index contributed by atoms with van der Waals surface area (Å²) >= 11 is 1.46. The SMILES string of the molecule is Br.CCOc1cc2c(nc1C(=O)NC)C(=N)N(CC(=O)c1cc(-c3nccs3)c(OC)c(N(C)C)c1)C2. The lowest BCUT2D eigenvalue weighted by Crippen LogP contribution is -2.31. The maximum Gasteiger partial charge on any atom is 0.273 e. The van der Waals surface area contributed by atoms with Gasteiger partial charge < -0.3 is 24.6 Å². The Balaban J connectivity index is 0.00000380. The van der Waals surface area contributed by atoms with E-state index in [1.54, 1.807) is 36.4 Å². The topological polar surface area (TPSA) is 121 Å². The van der Waals surface area contributed by atoms with Crippen LogP contribution in [0.5, 0.6) is 11.5 Å². The van der Waals surface area contributed by atoms with Gasteiger partial charge in [-0.25, -0.2) is 9.97 Å². The second kappa shape index (κ2) is 11.7. The van der Waals surface area contributed by atoms with E-state index in [1.807, 2.05) is 31.3 Å². The quantitative estimate of drug-likeness (QED) is 0.363. The summed E-state index contributed by atoms with van der Waals surface area (Å²) in [6.45, 7) is 2.49. The standard InChI is InChI=1S/C25H28N6O4S.BrH/c1-6-35-19-11-15-12-31(23(26)20(15)29-21(19)24(33)27-2)13-18(32)14-9-16(25-28-7-8-36-25)22(34-5)17(10-14)30(3)4;/h7-11,26H,6,12-13H2,1-5H3,(H,27,33);1H. The van der Waals surface area contributed by atoms with Crippen LogP contribution in [0.3, 0.4) is 0 Å². The Morgan fingerprint density at radius 1 is 1.27 bits per heavy atom. The molecular weight excluding hydrogens is 560 g/mol. The van der Waals surface area contributed by atoms with Crippen LogP contribution < -0.4 is 19.7 Å². The average Bonchev–Trinajstić information content (AvgIpc) is 3.51. The van der Waals surface area contributed by atoms with Crippen molar-refractivity contribution in [1.29, 1.82) is 5.41 Å². The Labute approximate surface area is 229 Å². The van der Waals surface area contributed by atoms with Crippen LogP contribution in [0, 0.1) is 5.41 Å². The molecule has 1 aliphatic rings. The molecule has 0 atom stereocenters. The number of carbonyl (C=O) groups is 2. The van der Waals surface area contributed by atoms with E-state index in [4.69, 9.17) is 14.9 Å². The highest BCUT2D eigenvalue weighted by molar-refractivity contribution is 8.93. The lowest BCUT2D eigenvalue weighted by atomic mass is 10.0. The van der Waals surface area contributed by atoms with E-state index in [0.29, 0.717) is 35.9 Å². The lowest BCUT2D eigenvalue weighted by molar-refractivity contribution is 0.0949. The molecule has 0 bridgehead atoms. The number of fused-ring (bicyclic) bond motifs is 1. The molecular formula is C25H29BrN6O4S. The number of amidine groups is 1. The third kappa shape index (κ3) is 5.44. The van der Waals surface area contributed by atoms with Crippen molar-refractivity contribution >= 4 is 51.5 Å². The number of amides is 1. The van der Waals surface area contributed by atoms with Gasteiger partial charge in [0, 0.05) is 50.4 Å². The van der Waals surface area contributed by atoms with Crippen molar-refractivity contribution in [3.05, 3.63) is 52.3 Å². The minimum absolute atomic E-state index is 0. The number of benzene rings is 1. The van der Waals surface area contributed by atoms with E-state index < -0.39 is 5.91 Å². The van der Waals surface area contributed by atoms with Crippen molar-refractivity contribution in [1.82, 2.24) is 20.2 Å². The predicted molar refractivity (Wildman–Crippen MR) is 149 cm³/mol. The van der Waals surface area contributed by atoms with E-state index >= 15 is 0 Å². The summed E-state index contributed by atoms with van der Waals surface area (Å²) in [7, 11) is 6.88. The molecule has 1 amide bonds. The molecule has 37 heavy (non-hydrogen) atoms. The van der Waals surface area contributed by atoms with Crippen LogP contribution in [0.25, 0.3) is 10.6 Å². The number of ether oxygens (including phenoxy) is 2. The van der Waals surface area contributed by atoms with Crippen LogP contribution in [-0.4, -0.2) is 73.8 Å². The molecule has 1 aromatic carbocycles. The van der Waals surface area contributed by atoms with Crippen molar-refractivity contribution in [3.8, 4) is 22.1 Å². The fraction of sp³-hybridized carbons (Fsp3) is 0.320. The van der Waals surface area contributed by atoms with Gasteiger partial charge in [0.05, 0.1) is 31.5 Å². The summed E-state index contributed by atoms with van der Waals surface area (Å²) in [5, 5.41) is 13.8. The zero-order valence-electron chi connectivity index (χ0n) is 21.2. The molecule has 0 unspecified atom stereocenters. The van der Waals surface area contributed by atoms with Crippen molar-refractivity contribution < 1.29 is 19.1 Å². The number of nitrogens with zero attached hydrogens (tertiary/aromatic N) is 4. The highest BCUT2D eigenvalue weighted by Crippen LogP contribution is 2.40. The van der Waals surface area contributed by atoms with Crippen molar-refractivity contribution in [2.75, 3.05) is 46.3 Å². The van der Waals surface area contributed by atoms with Gasteiger partial charge in [-0.1, -0.05) is 0 Å². The minimum Gasteiger partial charge on any atom is -0.494 e. The molecule has 3 aromatic rings. The third-order valence-corrected chi connectivity index (χ3v) is 6.59. The summed E-state index contributed by atoms with van der Waals surface area (Å²) in [6.07, 6.45) is 1.71. The number of aromatic nitrogens is 2. The van der Waals surface area contributed by atoms with Crippen molar-refractivity contribution in [2.24, 2.45) is 0 Å². The number of Topliss-reactive ketones (excluding diaryl/α,β-unsaturated/α-hetero) is 1. The monoisotopic (exact) mass is 588 g/mol. The van der Waals surface area contributed by atoms with E-state index in [9.17, 15) is 9.59 Å². The smallest absolute Gasteiger partial charge is 0.273 e. The van der Waals surface area contributed by atoms with Crippen LogP contribution >= 0.6 is 28.3 Å². The van der Waals surface area contributed by atoms with Crippen molar-refractivity contribution in [3.63, 3.8) is 0 Å². The highest BCUT2D eigenvalue weighted by Gasteiger charge is 2.31. The fourth-order valence-corrected chi connectivity index (χ4v) is 4.73. The number of thiazole rings is 1. The number of hydrogen-bond donors (Lipinski definition) is 2. The first-order valence-corrected chi connectivity index (χ1v) is 12.2. The zero-order chi connectivity index (χ0) is 26.0. The van der Waals surface area contributed by atoms with Gasteiger partial charge in [-0.3, -0.25) is 15.0 Å². The van der Waals surface area contributed by atoms with E-state index in [-0.39, 0.29) is 40.8 Å². The molecule has 0 radical (unpaired) electrons. The van der Waals surface area contributed by atoms with Gasteiger partial charge >= 0.3 is 0 Å². The Morgan fingerprint density at radius 2 is 2.03 bits per heavy atom. The van der Waals surface area contributed by atoms with Gasteiger partial charge in [-0.2, -0.15) is 0 Å². The molecule has 3 heterocycles. The molecule has 0 spiro atoms. The van der Waals surface area contributed by atoms with Crippen LogP contribution in [0.15, 0.2) is 29.8 Å². The van der Waals surface area contributed by atoms with Gasteiger partial charge in [0.25, 0.3) is 5.91 Å². The van der Waals surface area contributed by atoms with Gasteiger partial charge in [0.1, 0.15) is 16.5 Å². The molecule has 0 aliphatic carbocycles. The summed E-state index contributed by atoms with van der Waals surface area (Å²) in [5.74, 6) is 0.533. The molecule has 0 saturated carbocycles. The first-order chi connectivity index (χ1) is 17.3. The van der Waals surface area contributed by atoms with Gasteiger partial charge in [0.15, 0.2) is 23.0 Å². The molecule has 12 heteroatoms. The van der Waals surface area contributed by atoms with Gasteiger partial charge in [-0.05, 0) is 25.1 Å². The Morgan fingerprint density at radius 3 is 2.62 bits per heavy atom. The maximum absolute atomic E-state index is 13.5. The molecule has 2 aromatic heterocycles. The summed E-state index contributed by atoms with van der Waals surface area (Å²) in [5.41, 5.74) is 3.21. The molecule has 2 N–H and O–H groups in total. The number of nitrogens with one attached hydrogen (secondary N) is 2. The molecule has 196 valence electrons. The average molecular weight is 590 g/mol. The Hall–Kier alpha value is -3.51. The zero-order valence-corrected chi connectivity index (χ0v) is 23.8. The van der Waals surface area contributed by atoms with E-state index in [2.05, 4.69) is 15.3 Å². The number of rotatable bonds is 9. The van der Waals surface area contributed by atoms with Gasteiger partial charge in [0.2, 0.25) is 0 Å². The number of hydrogen-bond acceptors (Lipinski definition) is 9. The van der Waals surface area contributed by atoms with Gasteiger partial charge in [-0.15, -0.1) is 28.3 Å². The number of ketones is 1. The number of methoxy groups -OCH3 is 1. The summed E-state index contributed by atoms with van der Waals surface area (Å²) < 4.78 is 11.3. The minimum atomic E-state index is -0.396. The van der Waals surface area contributed by atoms with Crippen LogP contribution in [0.2, 0.25) is 0 Å². The second-order valence-corrected chi connectivity index (χ2v) is 9.19. The maximum atomic E-state index is 13.5.